The molecule has 29 heavy (non-hydrogen) atoms. The van der Waals surface area contributed by atoms with Gasteiger partial charge >= 0.3 is 0 Å². The lowest BCUT2D eigenvalue weighted by Crippen LogP contribution is -2.45. The fraction of sp³-hybridized carbons (Fsp3) is 0.368. The lowest BCUT2D eigenvalue weighted by molar-refractivity contribution is 0.0659. The Bertz CT molecular complexity index is 940. The van der Waals surface area contributed by atoms with Crippen molar-refractivity contribution in [3.05, 3.63) is 36.4 Å². The van der Waals surface area contributed by atoms with Gasteiger partial charge in [0.1, 0.15) is 12.7 Å². The SMILES string of the molecule is COc1cc(S(N)(=O)=O)cc(OC)c1OCCC(N)C1COc2ccccc2O1. The minimum atomic E-state index is -3.92. The number of sulfonamides is 1. The van der Waals surface area contributed by atoms with E-state index in [9.17, 15) is 8.42 Å². The van der Waals surface area contributed by atoms with Gasteiger partial charge in [-0.15, -0.1) is 0 Å². The molecule has 10 heteroatoms. The molecule has 0 saturated carbocycles. The second kappa shape index (κ2) is 8.76. The summed E-state index contributed by atoms with van der Waals surface area (Å²) < 4.78 is 51.1. The van der Waals surface area contributed by atoms with E-state index in [0.717, 1.165) is 0 Å². The van der Waals surface area contributed by atoms with E-state index in [-0.39, 0.29) is 40.9 Å². The van der Waals surface area contributed by atoms with Gasteiger partial charge in [-0.1, -0.05) is 12.1 Å². The average molecular weight is 424 g/mol. The summed E-state index contributed by atoms with van der Waals surface area (Å²) in [5.41, 5.74) is 6.25. The van der Waals surface area contributed by atoms with Gasteiger partial charge in [0, 0.05) is 24.6 Å². The number of methoxy groups -OCH3 is 2. The van der Waals surface area contributed by atoms with Crippen LogP contribution in [0.25, 0.3) is 0 Å². The Balaban J connectivity index is 1.66. The van der Waals surface area contributed by atoms with Crippen molar-refractivity contribution in [3.63, 3.8) is 0 Å². The number of fused-ring (bicyclic) bond motifs is 1. The van der Waals surface area contributed by atoms with Crippen molar-refractivity contribution < 1.29 is 32.1 Å². The van der Waals surface area contributed by atoms with E-state index in [4.69, 9.17) is 34.6 Å². The fourth-order valence-electron chi connectivity index (χ4n) is 2.89. The molecular formula is C19H24N2O7S. The van der Waals surface area contributed by atoms with Gasteiger partial charge in [0.25, 0.3) is 0 Å². The number of primary sulfonamides is 1. The lowest BCUT2D eigenvalue weighted by Gasteiger charge is -2.30. The second-order valence-electron chi connectivity index (χ2n) is 6.42. The first kappa shape index (κ1) is 21.0. The Labute approximate surface area is 169 Å². The van der Waals surface area contributed by atoms with Crippen molar-refractivity contribution in [3.8, 4) is 28.7 Å². The molecule has 0 radical (unpaired) electrons. The van der Waals surface area contributed by atoms with Crippen LogP contribution in [-0.4, -0.2) is 48.0 Å². The molecule has 2 aromatic rings. The average Bonchev–Trinajstić information content (AvgIpc) is 2.72. The molecule has 0 bridgehead atoms. The van der Waals surface area contributed by atoms with Gasteiger partial charge in [0.2, 0.25) is 15.8 Å². The van der Waals surface area contributed by atoms with E-state index in [1.807, 2.05) is 24.3 Å². The van der Waals surface area contributed by atoms with Gasteiger partial charge in [-0.05, 0) is 12.1 Å². The highest BCUT2D eigenvalue weighted by atomic mass is 32.2. The highest BCUT2D eigenvalue weighted by molar-refractivity contribution is 7.89. The van der Waals surface area contributed by atoms with E-state index in [1.165, 1.54) is 26.4 Å². The number of ether oxygens (including phenoxy) is 5. The molecule has 0 spiro atoms. The van der Waals surface area contributed by atoms with Crippen LogP contribution in [0.15, 0.2) is 41.3 Å². The topological polar surface area (TPSA) is 132 Å². The molecule has 9 nitrogen and oxygen atoms in total. The Kier molecular flexibility index (Phi) is 6.36. The van der Waals surface area contributed by atoms with Crippen LogP contribution in [0.4, 0.5) is 0 Å². The number of hydrogen-bond acceptors (Lipinski definition) is 8. The summed E-state index contributed by atoms with van der Waals surface area (Å²) in [5, 5.41) is 5.19. The third kappa shape index (κ3) is 4.84. The predicted octanol–water partition coefficient (Wildman–Crippen LogP) is 1.29. The van der Waals surface area contributed by atoms with E-state index in [2.05, 4.69) is 0 Å². The number of nitrogens with two attached hydrogens (primary N) is 2. The second-order valence-corrected chi connectivity index (χ2v) is 7.98. The van der Waals surface area contributed by atoms with E-state index in [0.29, 0.717) is 24.5 Å². The van der Waals surface area contributed by atoms with Crippen LogP contribution in [0.2, 0.25) is 0 Å². The summed E-state index contributed by atoms with van der Waals surface area (Å²) in [4.78, 5) is -0.137. The zero-order chi connectivity index (χ0) is 21.0. The summed E-state index contributed by atoms with van der Waals surface area (Å²) in [6.07, 6.45) is 0.140. The number of rotatable bonds is 8. The lowest BCUT2D eigenvalue weighted by atomic mass is 10.1. The highest BCUT2D eigenvalue weighted by Gasteiger charge is 2.27. The number of para-hydroxylation sites is 2. The molecule has 1 aliphatic heterocycles. The van der Waals surface area contributed by atoms with Crippen LogP contribution in [0.3, 0.4) is 0 Å². The maximum atomic E-state index is 11.6. The largest absolute Gasteiger partial charge is 0.493 e. The van der Waals surface area contributed by atoms with Crippen LogP contribution in [-0.2, 0) is 10.0 Å². The van der Waals surface area contributed by atoms with Crippen molar-refractivity contribution >= 4 is 10.0 Å². The van der Waals surface area contributed by atoms with Crippen molar-refractivity contribution in [1.29, 1.82) is 0 Å². The smallest absolute Gasteiger partial charge is 0.238 e. The first-order valence-corrected chi connectivity index (χ1v) is 10.4. The van der Waals surface area contributed by atoms with Crippen LogP contribution in [0.1, 0.15) is 6.42 Å². The molecular weight excluding hydrogens is 400 g/mol. The zero-order valence-electron chi connectivity index (χ0n) is 16.2. The zero-order valence-corrected chi connectivity index (χ0v) is 17.0. The summed E-state index contributed by atoms with van der Waals surface area (Å²) in [7, 11) is -1.14. The third-order valence-electron chi connectivity index (χ3n) is 4.47. The van der Waals surface area contributed by atoms with Crippen molar-refractivity contribution in [2.24, 2.45) is 10.9 Å². The molecule has 0 aliphatic carbocycles. The normalized spacial score (nSPS) is 16.8. The van der Waals surface area contributed by atoms with Gasteiger partial charge in [-0.2, -0.15) is 0 Å². The third-order valence-corrected chi connectivity index (χ3v) is 5.36. The molecule has 0 saturated heterocycles. The first-order chi connectivity index (χ1) is 13.8. The number of hydrogen-bond donors (Lipinski definition) is 2. The minimum absolute atomic E-state index is 0.137. The molecule has 3 rings (SSSR count). The first-order valence-electron chi connectivity index (χ1n) is 8.89. The van der Waals surface area contributed by atoms with Crippen LogP contribution >= 0.6 is 0 Å². The Morgan fingerprint density at radius 1 is 1.14 bits per heavy atom. The van der Waals surface area contributed by atoms with Gasteiger partial charge in [-0.3, -0.25) is 0 Å². The van der Waals surface area contributed by atoms with E-state index < -0.39 is 10.0 Å². The molecule has 0 fully saturated rings. The molecule has 2 aromatic carbocycles. The maximum absolute atomic E-state index is 11.6. The monoisotopic (exact) mass is 424 g/mol. The quantitative estimate of drug-likeness (QED) is 0.648. The Morgan fingerprint density at radius 3 is 2.34 bits per heavy atom. The van der Waals surface area contributed by atoms with Crippen molar-refractivity contribution in [1.82, 2.24) is 0 Å². The Morgan fingerprint density at radius 2 is 1.76 bits per heavy atom. The van der Waals surface area contributed by atoms with Crippen LogP contribution < -0.4 is 34.6 Å². The minimum Gasteiger partial charge on any atom is -0.493 e. The molecule has 0 aromatic heterocycles. The number of benzene rings is 2. The van der Waals surface area contributed by atoms with Gasteiger partial charge in [0.15, 0.2) is 23.0 Å². The highest BCUT2D eigenvalue weighted by Crippen LogP contribution is 2.39. The maximum Gasteiger partial charge on any atom is 0.238 e. The van der Waals surface area contributed by atoms with Crippen LogP contribution in [0, 0.1) is 0 Å². The molecule has 1 aliphatic rings. The van der Waals surface area contributed by atoms with Gasteiger partial charge in [0.05, 0.1) is 25.7 Å². The molecule has 2 atom stereocenters. The summed E-state index contributed by atoms with van der Waals surface area (Å²) >= 11 is 0. The summed E-state index contributed by atoms with van der Waals surface area (Å²) in [6, 6.07) is 9.62. The summed E-state index contributed by atoms with van der Waals surface area (Å²) in [6.45, 7) is 0.567. The van der Waals surface area contributed by atoms with Gasteiger partial charge < -0.3 is 29.4 Å². The standard InChI is InChI=1S/C19H24N2O7S/c1-24-16-9-12(29(21,22)23)10-17(25-2)19(16)26-8-7-13(20)18-11-27-14-5-3-4-6-15(14)28-18/h3-6,9-10,13,18H,7-8,11,20H2,1-2H3,(H2,21,22,23). The Hall–Kier alpha value is -2.69. The predicted molar refractivity (Wildman–Crippen MR) is 105 cm³/mol. The summed E-state index contributed by atoms with van der Waals surface area (Å²) in [5.74, 6) is 1.99. The molecule has 1 heterocycles. The molecule has 4 N–H and O–H groups in total. The molecule has 2 unspecified atom stereocenters. The van der Waals surface area contributed by atoms with Gasteiger partial charge in [-0.25, -0.2) is 13.6 Å². The van der Waals surface area contributed by atoms with Crippen LogP contribution in [0.5, 0.6) is 28.7 Å². The molecule has 0 amide bonds. The van der Waals surface area contributed by atoms with E-state index >= 15 is 0 Å². The molecule has 158 valence electrons. The van der Waals surface area contributed by atoms with Crippen molar-refractivity contribution in [2.45, 2.75) is 23.5 Å². The fourth-order valence-corrected chi connectivity index (χ4v) is 3.43. The van der Waals surface area contributed by atoms with E-state index in [1.54, 1.807) is 0 Å². The van der Waals surface area contributed by atoms with Crippen molar-refractivity contribution in [2.75, 3.05) is 27.4 Å².